The van der Waals surface area contributed by atoms with Crippen molar-refractivity contribution in [3.63, 3.8) is 0 Å². The minimum atomic E-state index is -0.592. The maximum Gasteiger partial charge on any atom is 0.338 e. The number of hydrogen-bond acceptors (Lipinski definition) is 6. The largest absolute Gasteiger partial charge is 0.493 e. The molecule has 0 radical (unpaired) electrons. The van der Waals surface area contributed by atoms with Crippen molar-refractivity contribution in [3.8, 4) is 17.2 Å². The molecule has 0 atom stereocenters. The lowest BCUT2D eigenvalue weighted by Gasteiger charge is -2.10. The van der Waals surface area contributed by atoms with Crippen molar-refractivity contribution in [1.29, 1.82) is 0 Å². The van der Waals surface area contributed by atoms with E-state index in [0.717, 1.165) is 0 Å². The van der Waals surface area contributed by atoms with Crippen LogP contribution in [-0.2, 0) is 9.53 Å². The number of carbonyl (C=O) groups is 2. The van der Waals surface area contributed by atoms with E-state index in [2.05, 4.69) is 5.32 Å². The first kappa shape index (κ1) is 18.6. The Hall–Kier alpha value is -3.22. The van der Waals surface area contributed by atoms with Crippen LogP contribution in [0.15, 0.2) is 42.5 Å². The highest BCUT2D eigenvalue weighted by Crippen LogP contribution is 2.34. The minimum absolute atomic E-state index is 0.157. The third-order valence-electron chi connectivity index (χ3n) is 3.64. The molecule has 1 aliphatic rings. The van der Waals surface area contributed by atoms with E-state index in [9.17, 15) is 9.59 Å². The molecule has 2 aromatic rings. The van der Waals surface area contributed by atoms with Gasteiger partial charge in [-0.2, -0.15) is 0 Å². The predicted molar refractivity (Wildman–Crippen MR) is 98.3 cm³/mol. The Morgan fingerprint density at radius 2 is 1.93 bits per heavy atom. The van der Waals surface area contributed by atoms with E-state index >= 15 is 0 Å². The topological polar surface area (TPSA) is 83.1 Å². The zero-order valence-corrected chi connectivity index (χ0v) is 15.2. The third-order valence-corrected chi connectivity index (χ3v) is 3.64. The molecule has 1 aliphatic heterocycles. The fourth-order valence-corrected chi connectivity index (χ4v) is 2.36. The zero-order chi connectivity index (χ0) is 19.2. The molecule has 3 rings (SSSR count). The van der Waals surface area contributed by atoms with E-state index in [0.29, 0.717) is 41.0 Å². The van der Waals surface area contributed by atoms with Crippen molar-refractivity contribution < 1.29 is 28.5 Å². The van der Waals surface area contributed by atoms with Gasteiger partial charge in [0.25, 0.3) is 5.91 Å². The molecular formula is C20H21NO6. The summed E-state index contributed by atoms with van der Waals surface area (Å²) in [6.07, 6.45) is 0. The Balaban J connectivity index is 1.51. The quantitative estimate of drug-likeness (QED) is 0.753. The number of ether oxygens (including phenoxy) is 4. The Morgan fingerprint density at radius 1 is 1.11 bits per heavy atom. The van der Waals surface area contributed by atoms with Crippen molar-refractivity contribution in [2.24, 2.45) is 5.92 Å². The van der Waals surface area contributed by atoms with Crippen LogP contribution >= 0.6 is 0 Å². The molecule has 0 unspecified atom stereocenters. The first-order valence-electron chi connectivity index (χ1n) is 8.61. The molecule has 1 heterocycles. The highest BCUT2D eigenvalue weighted by atomic mass is 16.7. The van der Waals surface area contributed by atoms with Crippen LogP contribution in [0, 0.1) is 5.92 Å². The summed E-state index contributed by atoms with van der Waals surface area (Å²) in [4.78, 5) is 24.2. The van der Waals surface area contributed by atoms with E-state index in [1.54, 1.807) is 42.5 Å². The van der Waals surface area contributed by atoms with E-state index in [1.807, 2.05) is 13.8 Å². The summed E-state index contributed by atoms with van der Waals surface area (Å²) in [6, 6.07) is 11.7. The molecule has 7 heteroatoms. The van der Waals surface area contributed by atoms with Crippen molar-refractivity contribution in [1.82, 2.24) is 0 Å². The SMILES string of the molecule is CC(C)COc1cccc(C(=O)OCC(=O)Nc2ccc3c(c2)OCO3)c1. The van der Waals surface area contributed by atoms with E-state index in [-0.39, 0.29) is 6.79 Å². The van der Waals surface area contributed by atoms with E-state index < -0.39 is 18.5 Å². The second-order valence-electron chi connectivity index (χ2n) is 6.43. The molecule has 27 heavy (non-hydrogen) atoms. The van der Waals surface area contributed by atoms with Gasteiger partial charge in [-0.3, -0.25) is 4.79 Å². The number of carbonyl (C=O) groups excluding carboxylic acids is 2. The normalized spacial score (nSPS) is 12.0. The van der Waals surface area contributed by atoms with Crippen molar-refractivity contribution in [2.75, 3.05) is 25.3 Å². The van der Waals surface area contributed by atoms with E-state index in [4.69, 9.17) is 18.9 Å². The number of amides is 1. The van der Waals surface area contributed by atoms with Crippen LogP contribution in [0.3, 0.4) is 0 Å². The number of fused-ring (bicyclic) bond motifs is 1. The molecule has 7 nitrogen and oxygen atoms in total. The summed E-state index contributed by atoms with van der Waals surface area (Å²) >= 11 is 0. The van der Waals surface area contributed by atoms with Gasteiger partial charge in [-0.05, 0) is 36.2 Å². The molecule has 2 aromatic carbocycles. The van der Waals surface area contributed by atoms with Gasteiger partial charge >= 0.3 is 5.97 Å². The average molecular weight is 371 g/mol. The van der Waals surface area contributed by atoms with Crippen LogP contribution < -0.4 is 19.5 Å². The van der Waals surface area contributed by atoms with Crippen LogP contribution in [0.5, 0.6) is 17.2 Å². The van der Waals surface area contributed by atoms with Crippen molar-refractivity contribution in [2.45, 2.75) is 13.8 Å². The zero-order valence-electron chi connectivity index (χ0n) is 15.2. The lowest BCUT2D eigenvalue weighted by Crippen LogP contribution is -2.21. The second kappa shape index (κ2) is 8.44. The molecule has 0 bridgehead atoms. The Bertz CT molecular complexity index is 833. The minimum Gasteiger partial charge on any atom is -0.493 e. The number of rotatable bonds is 7. The molecular weight excluding hydrogens is 350 g/mol. The molecule has 1 amide bonds. The number of hydrogen-bond donors (Lipinski definition) is 1. The highest BCUT2D eigenvalue weighted by Gasteiger charge is 2.15. The summed E-state index contributed by atoms with van der Waals surface area (Å²) in [5.74, 6) is 1.10. The summed E-state index contributed by atoms with van der Waals surface area (Å²) in [7, 11) is 0. The van der Waals surface area contributed by atoms with Gasteiger partial charge in [0.1, 0.15) is 5.75 Å². The summed E-state index contributed by atoms with van der Waals surface area (Å²) < 4.78 is 21.1. The highest BCUT2D eigenvalue weighted by molar-refractivity contribution is 5.95. The molecule has 1 N–H and O–H groups in total. The molecule has 0 saturated carbocycles. The average Bonchev–Trinajstić information content (AvgIpc) is 3.12. The van der Waals surface area contributed by atoms with Crippen LogP contribution in [0.1, 0.15) is 24.2 Å². The smallest absolute Gasteiger partial charge is 0.338 e. The molecule has 142 valence electrons. The molecule has 0 fully saturated rings. The second-order valence-corrected chi connectivity index (χ2v) is 6.43. The standard InChI is InChI=1S/C20H21NO6/c1-13(2)10-24-16-5-3-4-14(8-16)20(23)25-11-19(22)21-15-6-7-17-18(9-15)27-12-26-17/h3-9,13H,10-12H2,1-2H3,(H,21,22). The first-order valence-corrected chi connectivity index (χ1v) is 8.61. The van der Waals surface area contributed by atoms with E-state index in [1.165, 1.54) is 0 Å². The summed E-state index contributed by atoms with van der Waals surface area (Å²) in [6.45, 7) is 4.39. The van der Waals surface area contributed by atoms with Crippen LogP contribution in [0.2, 0.25) is 0 Å². The van der Waals surface area contributed by atoms with Crippen LogP contribution in [0.4, 0.5) is 5.69 Å². The van der Waals surface area contributed by atoms with Gasteiger partial charge in [0, 0.05) is 11.8 Å². The van der Waals surface area contributed by atoms with Gasteiger partial charge in [-0.25, -0.2) is 4.79 Å². The maximum atomic E-state index is 12.2. The maximum absolute atomic E-state index is 12.2. The van der Waals surface area contributed by atoms with Gasteiger partial charge in [0.2, 0.25) is 6.79 Å². The van der Waals surface area contributed by atoms with Gasteiger partial charge in [-0.1, -0.05) is 19.9 Å². The van der Waals surface area contributed by atoms with Gasteiger partial charge in [0.15, 0.2) is 18.1 Å². The Kier molecular flexibility index (Phi) is 5.80. The monoisotopic (exact) mass is 371 g/mol. The predicted octanol–water partition coefficient (Wildman–Crippen LogP) is 3.25. The molecule has 0 spiro atoms. The number of nitrogens with one attached hydrogen (secondary N) is 1. The Labute approximate surface area is 157 Å². The summed E-state index contributed by atoms with van der Waals surface area (Å²) in [5, 5.41) is 2.65. The van der Waals surface area contributed by atoms with Gasteiger partial charge in [0.05, 0.1) is 12.2 Å². The lowest BCUT2D eigenvalue weighted by molar-refractivity contribution is -0.119. The first-order chi connectivity index (χ1) is 13.0. The number of benzene rings is 2. The lowest BCUT2D eigenvalue weighted by atomic mass is 10.2. The molecule has 0 saturated heterocycles. The fraction of sp³-hybridized carbons (Fsp3) is 0.300. The fourth-order valence-electron chi connectivity index (χ4n) is 2.36. The van der Waals surface area contributed by atoms with Crippen molar-refractivity contribution >= 4 is 17.6 Å². The number of anilines is 1. The van der Waals surface area contributed by atoms with Crippen molar-refractivity contribution in [3.05, 3.63) is 48.0 Å². The van der Waals surface area contributed by atoms with Crippen LogP contribution in [0.25, 0.3) is 0 Å². The number of esters is 1. The molecule has 0 aromatic heterocycles. The molecule has 0 aliphatic carbocycles. The van der Waals surface area contributed by atoms with Gasteiger partial charge in [-0.15, -0.1) is 0 Å². The van der Waals surface area contributed by atoms with Crippen LogP contribution in [-0.4, -0.2) is 31.9 Å². The van der Waals surface area contributed by atoms with Gasteiger partial charge < -0.3 is 24.3 Å². The third kappa shape index (κ3) is 5.13. The Morgan fingerprint density at radius 3 is 2.74 bits per heavy atom. The summed E-state index contributed by atoms with van der Waals surface area (Å²) in [5.41, 5.74) is 0.858.